The molecule has 0 radical (unpaired) electrons. The van der Waals surface area contributed by atoms with Gasteiger partial charge in [-0.1, -0.05) is 13.3 Å². The molecule has 2 aliphatic carbocycles. The molecule has 2 saturated carbocycles. The van der Waals surface area contributed by atoms with Gasteiger partial charge in [0.05, 0.1) is 6.54 Å². The highest BCUT2D eigenvalue weighted by Gasteiger charge is 2.27. The molecule has 0 heterocycles. The molecular weight excluding hydrogens is 252 g/mol. The molecule has 0 aliphatic heterocycles. The van der Waals surface area contributed by atoms with Crippen molar-refractivity contribution in [3.8, 4) is 0 Å². The van der Waals surface area contributed by atoms with Crippen LogP contribution in [0.2, 0.25) is 0 Å². The number of aliphatic hydroxyl groups excluding tert-OH is 1. The van der Waals surface area contributed by atoms with Gasteiger partial charge in [-0.15, -0.1) is 0 Å². The highest BCUT2D eigenvalue weighted by Crippen LogP contribution is 2.25. The Balaban J connectivity index is 1.72. The van der Waals surface area contributed by atoms with Crippen LogP contribution in [-0.4, -0.2) is 47.7 Å². The van der Waals surface area contributed by atoms with Crippen LogP contribution in [-0.2, 0) is 4.79 Å². The minimum Gasteiger partial charge on any atom is -0.396 e. The largest absolute Gasteiger partial charge is 0.396 e. The second-order valence-corrected chi connectivity index (χ2v) is 6.66. The van der Waals surface area contributed by atoms with Crippen LogP contribution >= 0.6 is 0 Å². The normalized spacial score (nSPS) is 27.4. The first kappa shape index (κ1) is 15.8. The number of aliphatic hydroxyl groups is 1. The Morgan fingerprint density at radius 2 is 1.90 bits per heavy atom. The van der Waals surface area contributed by atoms with Crippen LogP contribution in [0.4, 0.5) is 0 Å². The summed E-state index contributed by atoms with van der Waals surface area (Å²) in [5.41, 5.74) is 0. The van der Waals surface area contributed by atoms with E-state index in [1.54, 1.807) is 0 Å². The zero-order valence-electron chi connectivity index (χ0n) is 12.8. The van der Waals surface area contributed by atoms with Crippen LogP contribution < -0.4 is 5.32 Å². The number of nitrogens with one attached hydrogen (secondary N) is 1. The molecule has 0 spiro atoms. The van der Waals surface area contributed by atoms with E-state index in [0.717, 1.165) is 31.7 Å². The second kappa shape index (κ2) is 7.99. The first-order valence-electron chi connectivity index (χ1n) is 8.33. The maximum atomic E-state index is 12.2. The van der Waals surface area contributed by atoms with Gasteiger partial charge in [-0.2, -0.15) is 0 Å². The highest BCUT2D eigenvalue weighted by molar-refractivity contribution is 5.78. The van der Waals surface area contributed by atoms with E-state index in [0.29, 0.717) is 18.6 Å². The third-order valence-electron chi connectivity index (χ3n) is 4.92. The average molecular weight is 282 g/mol. The lowest BCUT2D eigenvalue weighted by Crippen LogP contribution is -2.48. The summed E-state index contributed by atoms with van der Waals surface area (Å²) in [4.78, 5) is 14.5. The number of nitrogens with zero attached hydrogens (tertiary/aromatic N) is 1. The molecule has 4 nitrogen and oxygen atoms in total. The molecule has 0 bridgehead atoms. The summed E-state index contributed by atoms with van der Waals surface area (Å²) >= 11 is 0. The van der Waals surface area contributed by atoms with Crippen molar-refractivity contribution in [2.75, 3.05) is 19.7 Å². The average Bonchev–Trinajstić information content (AvgIpc) is 2.36. The Bertz CT molecular complexity index is 297. The minimum atomic E-state index is 0.175. The van der Waals surface area contributed by atoms with E-state index in [-0.39, 0.29) is 12.5 Å². The van der Waals surface area contributed by atoms with Crippen molar-refractivity contribution in [1.82, 2.24) is 10.2 Å². The molecule has 2 aliphatic rings. The lowest BCUT2D eigenvalue weighted by molar-refractivity contribution is -0.124. The van der Waals surface area contributed by atoms with E-state index in [2.05, 4.69) is 17.1 Å². The number of amides is 1. The van der Waals surface area contributed by atoms with Crippen LogP contribution in [0.1, 0.15) is 58.3 Å². The van der Waals surface area contributed by atoms with Crippen LogP contribution in [0.3, 0.4) is 0 Å². The minimum absolute atomic E-state index is 0.175. The maximum Gasteiger partial charge on any atom is 0.234 e. The quantitative estimate of drug-likeness (QED) is 0.750. The lowest BCUT2D eigenvalue weighted by Gasteiger charge is -2.37. The monoisotopic (exact) mass is 282 g/mol. The molecule has 20 heavy (non-hydrogen) atoms. The highest BCUT2D eigenvalue weighted by atomic mass is 16.3. The molecule has 0 saturated heterocycles. The molecule has 0 aromatic carbocycles. The van der Waals surface area contributed by atoms with Gasteiger partial charge >= 0.3 is 0 Å². The zero-order valence-corrected chi connectivity index (χ0v) is 12.8. The van der Waals surface area contributed by atoms with Gasteiger partial charge in [0.25, 0.3) is 0 Å². The van der Waals surface area contributed by atoms with Crippen molar-refractivity contribution in [2.24, 2.45) is 5.92 Å². The molecule has 0 aromatic heterocycles. The molecule has 0 atom stereocenters. The molecule has 0 aromatic rings. The maximum absolute atomic E-state index is 12.2. The molecule has 2 N–H and O–H groups in total. The predicted molar refractivity (Wildman–Crippen MR) is 80.5 cm³/mol. The van der Waals surface area contributed by atoms with Gasteiger partial charge in [-0.05, 0) is 50.9 Å². The summed E-state index contributed by atoms with van der Waals surface area (Å²) in [6.45, 7) is 3.86. The summed E-state index contributed by atoms with van der Waals surface area (Å²) in [5, 5.41) is 12.2. The first-order chi connectivity index (χ1) is 9.69. The summed E-state index contributed by atoms with van der Waals surface area (Å²) in [7, 11) is 0. The Hall–Kier alpha value is -0.610. The SMILES string of the molecule is CC1CCC(NC(=O)CN(CCCO)C2CCC2)CC1. The van der Waals surface area contributed by atoms with E-state index in [1.165, 1.54) is 32.1 Å². The predicted octanol–water partition coefficient (Wildman–Crippen LogP) is 1.92. The summed E-state index contributed by atoms with van der Waals surface area (Å²) in [6.07, 6.45) is 9.20. The van der Waals surface area contributed by atoms with Crippen LogP contribution in [0.15, 0.2) is 0 Å². The van der Waals surface area contributed by atoms with E-state index >= 15 is 0 Å². The van der Waals surface area contributed by atoms with Crippen molar-refractivity contribution >= 4 is 5.91 Å². The Morgan fingerprint density at radius 3 is 2.45 bits per heavy atom. The van der Waals surface area contributed by atoms with Gasteiger partial charge in [0.15, 0.2) is 0 Å². The van der Waals surface area contributed by atoms with Crippen molar-refractivity contribution in [3.05, 3.63) is 0 Å². The van der Waals surface area contributed by atoms with E-state index in [1.807, 2.05) is 0 Å². The van der Waals surface area contributed by atoms with Crippen molar-refractivity contribution in [2.45, 2.75) is 70.4 Å². The fourth-order valence-electron chi connectivity index (χ4n) is 3.28. The van der Waals surface area contributed by atoms with Crippen LogP contribution in [0, 0.1) is 5.92 Å². The number of hydrogen-bond acceptors (Lipinski definition) is 3. The first-order valence-corrected chi connectivity index (χ1v) is 8.33. The number of rotatable bonds is 7. The molecule has 4 heteroatoms. The lowest BCUT2D eigenvalue weighted by atomic mass is 9.87. The standard InChI is InChI=1S/C16H30N2O2/c1-13-6-8-14(9-7-13)17-16(20)12-18(10-3-11-19)15-4-2-5-15/h13-15,19H,2-12H2,1H3,(H,17,20). The molecule has 116 valence electrons. The number of carbonyl (C=O) groups excluding carboxylic acids is 1. The summed E-state index contributed by atoms with van der Waals surface area (Å²) in [5.74, 6) is 0.994. The molecule has 2 rings (SSSR count). The number of carbonyl (C=O) groups is 1. The fourth-order valence-corrected chi connectivity index (χ4v) is 3.28. The molecule has 1 amide bonds. The molecule has 0 unspecified atom stereocenters. The Labute approximate surface area is 122 Å². The summed E-state index contributed by atoms with van der Waals surface area (Å²) in [6, 6.07) is 0.957. The molecular formula is C16H30N2O2. The second-order valence-electron chi connectivity index (χ2n) is 6.66. The van der Waals surface area contributed by atoms with Gasteiger partial charge in [0.2, 0.25) is 5.91 Å². The molecule has 2 fully saturated rings. The smallest absolute Gasteiger partial charge is 0.234 e. The topological polar surface area (TPSA) is 52.6 Å². The van der Waals surface area contributed by atoms with Crippen molar-refractivity contribution < 1.29 is 9.90 Å². The Morgan fingerprint density at radius 1 is 1.20 bits per heavy atom. The van der Waals surface area contributed by atoms with E-state index in [9.17, 15) is 4.79 Å². The van der Waals surface area contributed by atoms with Crippen molar-refractivity contribution in [1.29, 1.82) is 0 Å². The van der Waals surface area contributed by atoms with Gasteiger partial charge in [-0.3, -0.25) is 9.69 Å². The van der Waals surface area contributed by atoms with Gasteiger partial charge in [0.1, 0.15) is 0 Å². The zero-order chi connectivity index (χ0) is 14.4. The van der Waals surface area contributed by atoms with Crippen molar-refractivity contribution in [3.63, 3.8) is 0 Å². The van der Waals surface area contributed by atoms with E-state index in [4.69, 9.17) is 5.11 Å². The third-order valence-corrected chi connectivity index (χ3v) is 4.92. The van der Waals surface area contributed by atoms with Gasteiger partial charge in [0, 0.05) is 25.2 Å². The Kier molecular flexibility index (Phi) is 6.30. The van der Waals surface area contributed by atoms with Crippen LogP contribution in [0.25, 0.3) is 0 Å². The fraction of sp³-hybridized carbons (Fsp3) is 0.938. The third kappa shape index (κ3) is 4.74. The van der Waals surface area contributed by atoms with E-state index < -0.39 is 0 Å². The number of hydrogen-bond donors (Lipinski definition) is 2. The van der Waals surface area contributed by atoms with Gasteiger partial charge in [-0.25, -0.2) is 0 Å². The summed E-state index contributed by atoms with van der Waals surface area (Å²) < 4.78 is 0. The van der Waals surface area contributed by atoms with Gasteiger partial charge < -0.3 is 10.4 Å². The van der Waals surface area contributed by atoms with Crippen LogP contribution in [0.5, 0.6) is 0 Å².